The highest BCUT2D eigenvalue weighted by molar-refractivity contribution is 9.10. The lowest BCUT2D eigenvalue weighted by Crippen LogP contribution is -1.96. The molecule has 13 heavy (non-hydrogen) atoms. The van der Waals surface area contributed by atoms with Gasteiger partial charge in [-0.2, -0.15) is 5.10 Å². The number of carboxylic acids is 1. The van der Waals surface area contributed by atoms with Crippen LogP contribution in [0.5, 0.6) is 0 Å². The monoisotopic (exact) mass is 240 g/mol. The molecule has 0 amide bonds. The largest absolute Gasteiger partial charge is 0.478 e. The molecule has 0 atom stereocenters. The Bertz CT molecular complexity index is 478. The Balaban J connectivity index is 2.88. The molecule has 0 aliphatic rings. The molecule has 0 fully saturated rings. The summed E-state index contributed by atoms with van der Waals surface area (Å²) in [6.07, 6.45) is 0. The highest BCUT2D eigenvalue weighted by Crippen LogP contribution is 2.24. The van der Waals surface area contributed by atoms with E-state index in [1.54, 1.807) is 18.2 Å². The van der Waals surface area contributed by atoms with Gasteiger partial charge < -0.3 is 5.11 Å². The van der Waals surface area contributed by atoms with Crippen molar-refractivity contribution in [2.24, 2.45) is 0 Å². The number of carbonyl (C=O) groups is 1. The van der Waals surface area contributed by atoms with Crippen LogP contribution in [-0.2, 0) is 0 Å². The molecular formula is C8H5BrN2O2. The second kappa shape index (κ2) is 2.85. The topological polar surface area (TPSA) is 66.0 Å². The lowest BCUT2D eigenvalue weighted by atomic mass is 10.1. The fourth-order valence-corrected chi connectivity index (χ4v) is 1.71. The molecule has 5 heteroatoms. The van der Waals surface area contributed by atoms with Crippen LogP contribution >= 0.6 is 15.9 Å². The van der Waals surface area contributed by atoms with Crippen LogP contribution in [0.25, 0.3) is 10.9 Å². The summed E-state index contributed by atoms with van der Waals surface area (Å²) in [6, 6.07) is 4.97. The van der Waals surface area contributed by atoms with Crippen molar-refractivity contribution in [1.82, 2.24) is 10.2 Å². The van der Waals surface area contributed by atoms with Crippen molar-refractivity contribution in [3.63, 3.8) is 0 Å². The highest BCUT2D eigenvalue weighted by Gasteiger charge is 2.12. The van der Waals surface area contributed by atoms with Gasteiger partial charge in [0.1, 0.15) is 4.60 Å². The van der Waals surface area contributed by atoms with Crippen LogP contribution in [-0.4, -0.2) is 21.3 Å². The van der Waals surface area contributed by atoms with Crippen molar-refractivity contribution < 1.29 is 9.90 Å². The van der Waals surface area contributed by atoms with Gasteiger partial charge in [-0.25, -0.2) is 4.79 Å². The van der Waals surface area contributed by atoms with E-state index >= 15 is 0 Å². The van der Waals surface area contributed by atoms with Crippen molar-refractivity contribution in [3.8, 4) is 0 Å². The van der Waals surface area contributed by atoms with E-state index < -0.39 is 5.97 Å². The van der Waals surface area contributed by atoms with Gasteiger partial charge in [-0.15, -0.1) is 0 Å². The van der Waals surface area contributed by atoms with Gasteiger partial charge in [0, 0.05) is 5.39 Å². The molecule has 2 aromatic rings. The van der Waals surface area contributed by atoms with Gasteiger partial charge in [-0.1, -0.05) is 6.07 Å². The van der Waals surface area contributed by atoms with E-state index in [-0.39, 0.29) is 5.56 Å². The van der Waals surface area contributed by atoms with Gasteiger partial charge in [-0.3, -0.25) is 5.10 Å². The van der Waals surface area contributed by atoms with E-state index in [4.69, 9.17) is 5.11 Å². The molecule has 1 aromatic carbocycles. The number of carboxylic acid groups (broad SMARTS) is 1. The lowest BCUT2D eigenvalue weighted by molar-refractivity contribution is 0.0699. The smallest absolute Gasteiger partial charge is 0.336 e. The number of aromatic amines is 1. The summed E-state index contributed by atoms with van der Waals surface area (Å²) in [7, 11) is 0. The quantitative estimate of drug-likeness (QED) is 0.802. The molecule has 2 N–H and O–H groups in total. The predicted molar refractivity (Wildman–Crippen MR) is 50.8 cm³/mol. The van der Waals surface area contributed by atoms with Gasteiger partial charge in [0.15, 0.2) is 0 Å². The fourth-order valence-electron chi connectivity index (χ4n) is 1.21. The number of hydrogen-bond acceptors (Lipinski definition) is 2. The summed E-state index contributed by atoms with van der Waals surface area (Å²) in [5, 5.41) is 16.1. The van der Waals surface area contributed by atoms with E-state index in [9.17, 15) is 4.79 Å². The Hall–Kier alpha value is -1.36. The summed E-state index contributed by atoms with van der Waals surface area (Å²) in [4.78, 5) is 10.8. The van der Waals surface area contributed by atoms with Gasteiger partial charge in [0.05, 0.1) is 11.1 Å². The van der Waals surface area contributed by atoms with E-state index in [2.05, 4.69) is 26.1 Å². The molecule has 0 saturated carbocycles. The molecule has 1 heterocycles. The first-order chi connectivity index (χ1) is 6.20. The first-order valence-electron chi connectivity index (χ1n) is 3.56. The fraction of sp³-hybridized carbons (Fsp3) is 0. The molecule has 0 radical (unpaired) electrons. The zero-order valence-electron chi connectivity index (χ0n) is 6.41. The second-order valence-electron chi connectivity index (χ2n) is 2.54. The number of rotatable bonds is 1. The Morgan fingerprint density at radius 3 is 3.00 bits per heavy atom. The molecular weight excluding hydrogens is 236 g/mol. The zero-order chi connectivity index (χ0) is 9.42. The van der Waals surface area contributed by atoms with Crippen molar-refractivity contribution in [2.75, 3.05) is 0 Å². The summed E-state index contributed by atoms with van der Waals surface area (Å²) in [6.45, 7) is 0. The summed E-state index contributed by atoms with van der Waals surface area (Å²) in [5.41, 5.74) is 0.893. The van der Waals surface area contributed by atoms with Crippen LogP contribution in [0, 0.1) is 0 Å². The second-order valence-corrected chi connectivity index (χ2v) is 3.34. The van der Waals surface area contributed by atoms with Crippen LogP contribution < -0.4 is 0 Å². The van der Waals surface area contributed by atoms with Crippen LogP contribution in [0.1, 0.15) is 10.4 Å². The number of aromatic carboxylic acids is 1. The summed E-state index contributed by atoms with van der Waals surface area (Å²) >= 11 is 3.20. The molecule has 0 bridgehead atoms. The Kier molecular flexibility index (Phi) is 1.81. The molecule has 0 aliphatic heterocycles. The van der Waals surface area contributed by atoms with Gasteiger partial charge in [0.25, 0.3) is 0 Å². The number of nitrogens with zero attached hydrogens (tertiary/aromatic N) is 1. The average molecular weight is 241 g/mol. The molecule has 2 rings (SSSR count). The minimum atomic E-state index is -0.951. The molecule has 0 unspecified atom stereocenters. The third-order valence-corrected chi connectivity index (χ3v) is 2.34. The van der Waals surface area contributed by atoms with Crippen molar-refractivity contribution >= 4 is 32.8 Å². The number of halogens is 1. The van der Waals surface area contributed by atoms with Crippen LogP contribution in [0.15, 0.2) is 22.8 Å². The summed E-state index contributed by atoms with van der Waals surface area (Å²) < 4.78 is 0.598. The normalized spacial score (nSPS) is 10.5. The number of aromatic nitrogens is 2. The minimum absolute atomic E-state index is 0.248. The van der Waals surface area contributed by atoms with E-state index in [0.717, 1.165) is 0 Å². The molecule has 66 valence electrons. The third-order valence-electron chi connectivity index (χ3n) is 1.77. The van der Waals surface area contributed by atoms with Crippen LogP contribution in [0.4, 0.5) is 0 Å². The maximum atomic E-state index is 10.8. The third kappa shape index (κ3) is 1.21. The number of benzene rings is 1. The van der Waals surface area contributed by atoms with Gasteiger partial charge >= 0.3 is 5.97 Å². The SMILES string of the molecule is O=C(O)c1cccc2n[nH]c(Br)c12. The van der Waals surface area contributed by atoms with E-state index in [0.29, 0.717) is 15.5 Å². The average Bonchev–Trinajstić information content (AvgIpc) is 2.48. The zero-order valence-corrected chi connectivity index (χ0v) is 8.00. The molecule has 0 spiro atoms. The lowest BCUT2D eigenvalue weighted by Gasteiger charge is -1.95. The van der Waals surface area contributed by atoms with Gasteiger partial charge in [-0.05, 0) is 28.1 Å². The first-order valence-corrected chi connectivity index (χ1v) is 4.35. The minimum Gasteiger partial charge on any atom is -0.478 e. The molecule has 0 saturated heterocycles. The van der Waals surface area contributed by atoms with Crippen molar-refractivity contribution in [1.29, 1.82) is 0 Å². The Labute approximate surface area is 81.7 Å². The number of H-pyrrole nitrogens is 1. The Morgan fingerprint density at radius 2 is 2.31 bits per heavy atom. The maximum absolute atomic E-state index is 10.8. The molecule has 4 nitrogen and oxygen atoms in total. The standard InChI is InChI=1S/C8H5BrN2O2/c9-7-6-4(8(12)13)2-1-3-5(6)10-11-7/h1-3H,(H,10,11)(H,12,13). The first kappa shape index (κ1) is 8.25. The molecule has 0 aliphatic carbocycles. The van der Waals surface area contributed by atoms with Crippen LogP contribution in [0.2, 0.25) is 0 Å². The van der Waals surface area contributed by atoms with Gasteiger partial charge in [0.2, 0.25) is 0 Å². The van der Waals surface area contributed by atoms with E-state index in [1.807, 2.05) is 0 Å². The van der Waals surface area contributed by atoms with Crippen molar-refractivity contribution in [3.05, 3.63) is 28.4 Å². The number of hydrogen-bond donors (Lipinski definition) is 2. The highest BCUT2D eigenvalue weighted by atomic mass is 79.9. The number of fused-ring (bicyclic) bond motifs is 1. The molecule has 1 aromatic heterocycles. The van der Waals surface area contributed by atoms with Crippen LogP contribution in [0.3, 0.4) is 0 Å². The summed E-state index contributed by atoms with van der Waals surface area (Å²) in [5.74, 6) is -0.951. The van der Waals surface area contributed by atoms with E-state index in [1.165, 1.54) is 0 Å². The maximum Gasteiger partial charge on any atom is 0.336 e. The van der Waals surface area contributed by atoms with Crippen molar-refractivity contribution in [2.45, 2.75) is 0 Å². The predicted octanol–water partition coefficient (Wildman–Crippen LogP) is 2.02. The number of nitrogens with one attached hydrogen (secondary N) is 1. The Morgan fingerprint density at radius 1 is 1.54 bits per heavy atom.